The third-order valence-electron chi connectivity index (χ3n) is 2.43. The molecule has 1 heterocycles. The predicted octanol–water partition coefficient (Wildman–Crippen LogP) is 1.05. The molecule has 4 heteroatoms. The lowest BCUT2D eigenvalue weighted by atomic mass is 10.1. The number of halogens is 1. The van der Waals surface area contributed by atoms with Crippen LogP contribution >= 0.6 is 0 Å². The van der Waals surface area contributed by atoms with Gasteiger partial charge in [0.2, 0.25) is 0 Å². The van der Waals surface area contributed by atoms with Crippen LogP contribution in [0, 0.1) is 5.82 Å². The molecular formula is C11H12FNO2. The fourth-order valence-corrected chi connectivity index (χ4v) is 1.63. The number of aldehydes is 1. The number of ether oxygens (including phenoxy) is 1. The standard InChI is InChI=1S/C11H12FNO2/c12-9-3-1-8(2-4-9)11-7-15-6-10(5-14)13-11/h1-5,10-11,13H,6-7H2. The number of carbonyl (C=O) groups excluding carboxylic acids is 1. The van der Waals surface area contributed by atoms with Crippen LogP contribution in [0.1, 0.15) is 11.6 Å². The van der Waals surface area contributed by atoms with E-state index in [2.05, 4.69) is 5.32 Å². The van der Waals surface area contributed by atoms with E-state index in [1.807, 2.05) is 0 Å². The number of nitrogens with one attached hydrogen (secondary N) is 1. The van der Waals surface area contributed by atoms with Gasteiger partial charge in [-0.3, -0.25) is 5.32 Å². The van der Waals surface area contributed by atoms with Gasteiger partial charge in [0.25, 0.3) is 0 Å². The molecule has 15 heavy (non-hydrogen) atoms. The van der Waals surface area contributed by atoms with Gasteiger partial charge in [0.05, 0.1) is 25.3 Å². The molecule has 0 radical (unpaired) electrons. The zero-order valence-electron chi connectivity index (χ0n) is 8.15. The first-order valence-corrected chi connectivity index (χ1v) is 4.84. The molecule has 1 aromatic carbocycles. The van der Waals surface area contributed by atoms with Crippen molar-refractivity contribution in [1.82, 2.24) is 5.32 Å². The molecule has 2 rings (SSSR count). The lowest BCUT2D eigenvalue weighted by Gasteiger charge is -2.28. The van der Waals surface area contributed by atoms with Gasteiger partial charge in [-0.1, -0.05) is 12.1 Å². The number of carbonyl (C=O) groups is 1. The summed E-state index contributed by atoms with van der Waals surface area (Å²) in [5.74, 6) is -0.262. The molecule has 0 aromatic heterocycles. The van der Waals surface area contributed by atoms with E-state index >= 15 is 0 Å². The fraction of sp³-hybridized carbons (Fsp3) is 0.364. The van der Waals surface area contributed by atoms with Gasteiger partial charge < -0.3 is 9.53 Å². The summed E-state index contributed by atoms with van der Waals surface area (Å²) in [5, 5.41) is 3.12. The lowest BCUT2D eigenvalue weighted by molar-refractivity contribution is -0.112. The Balaban J connectivity index is 2.09. The van der Waals surface area contributed by atoms with Crippen molar-refractivity contribution in [2.45, 2.75) is 12.1 Å². The molecule has 1 aliphatic rings. The summed E-state index contributed by atoms with van der Waals surface area (Å²) in [6.45, 7) is 0.914. The van der Waals surface area contributed by atoms with Crippen molar-refractivity contribution in [3.8, 4) is 0 Å². The highest BCUT2D eigenvalue weighted by atomic mass is 19.1. The Morgan fingerprint density at radius 1 is 1.33 bits per heavy atom. The predicted molar refractivity (Wildman–Crippen MR) is 52.9 cm³/mol. The maximum Gasteiger partial charge on any atom is 0.139 e. The van der Waals surface area contributed by atoms with E-state index in [0.29, 0.717) is 13.2 Å². The number of hydrogen-bond acceptors (Lipinski definition) is 3. The van der Waals surface area contributed by atoms with Crippen LogP contribution < -0.4 is 5.32 Å². The Hall–Kier alpha value is -1.26. The molecule has 0 saturated carbocycles. The molecule has 80 valence electrons. The summed E-state index contributed by atoms with van der Waals surface area (Å²) in [7, 11) is 0. The van der Waals surface area contributed by atoms with Crippen LogP contribution in [0.5, 0.6) is 0 Å². The van der Waals surface area contributed by atoms with Crippen molar-refractivity contribution in [3.63, 3.8) is 0 Å². The Kier molecular flexibility index (Phi) is 3.08. The highest BCUT2D eigenvalue weighted by molar-refractivity contribution is 5.58. The molecule has 2 unspecified atom stereocenters. The normalized spacial score (nSPS) is 26.2. The molecule has 1 aromatic rings. The van der Waals surface area contributed by atoms with Crippen LogP contribution in [0.4, 0.5) is 4.39 Å². The topological polar surface area (TPSA) is 38.3 Å². The number of benzene rings is 1. The molecule has 1 aliphatic heterocycles. The molecule has 0 bridgehead atoms. The maximum atomic E-state index is 12.7. The van der Waals surface area contributed by atoms with Gasteiger partial charge in [-0.05, 0) is 17.7 Å². The molecule has 0 spiro atoms. The first-order chi connectivity index (χ1) is 7.29. The third kappa shape index (κ3) is 2.40. The first-order valence-electron chi connectivity index (χ1n) is 4.84. The van der Waals surface area contributed by atoms with Crippen molar-refractivity contribution in [1.29, 1.82) is 0 Å². The Labute approximate surface area is 87.2 Å². The van der Waals surface area contributed by atoms with Crippen LogP contribution in [0.15, 0.2) is 24.3 Å². The van der Waals surface area contributed by atoms with E-state index in [9.17, 15) is 9.18 Å². The van der Waals surface area contributed by atoms with Crippen LogP contribution in [-0.4, -0.2) is 25.5 Å². The molecule has 0 aliphatic carbocycles. The molecule has 1 N–H and O–H groups in total. The molecule has 3 nitrogen and oxygen atoms in total. The van der Waals surface area contributed by atoms with E-state index in [-0.39, 0.29) is 17.9 Å². The van der Waals surface area contributed by atoms with Crippen LogP contribution in [0.25, 0.3) is 0 Å². The highest BCUT2D eigenvalue weighted by Gasteiger charge is 2.21. The van der Waals surface area contributed by atoms with Crippen LogP contribution in [0.2, 0.25) is 0 Å². The SMILES string of the molecule is O=CC1COCC(c2ccc(F)cc2)N1. The number of hydrogen-bond donors (Lipinski definition) is 1. The van der Waals surface area contributed by atoms with E-state index in [1.165, 1.54) is 12.1 Å². The van der Waals surface area contributed by atoms with Gasteiger partial charge in [-0.2, -0.15) is 0 Å². The van der Waals surface area contributed by atoms with Crippen LogP contribution in [0.3, 0.4) is 0 Å². The second kappa shape index (κ2) is 4.51. The Morgan fingerprint density at radius 2 is 2.07 bits per heavy atom. The summed E-state index contributed by atoms with van der Waals surface area (Å²) in [6, 6.07) is 5.90. The summed E-state index contributed by atoms with van der Waals surface area (Å²) in [6.07, 6.45) is 0.829. The van der Waals surface area contributed by atoms with Gasteiger partial charge in [0.1, 0.15) is 12.1 Å². The zero-order valence-corrected chi connectivity index (χ0v) is 8.15. The summed E-state index contributed by atoms with van der Waals surface area (Å²) >= 11 is 0. The average molecular weight is 209 g/mol. The van der Waals surface area contributed by atoms with Crippen molar-refractivity contribution in [2.24, 2.45) is 0 Å². The molecule has 0 amide bonds. The third-order valence-corrected chi connectivity index (χ3v) is 2.43. The zero-order chi connectivity index (χ0) is 10.7. The second-order valence-corrected chi connectivity index (χ2v) is 3.55. The van der Waals surface area contributed by atoms with Gasteiger partial charge in [-0.15, -0.1) is 0 Å². The van der Waals surface area contributed by atoms with Gasteiger partial charge >= 0.3 is 0 Å². The minimum Gasteiger partial charge on any atom is -0.377 e. The minimum atomic E-state index is -0.270. The summed E-state index contributed by atoms with van der Waals surface area (Å²) < 4.78 is 18.0. The van der Waals surface area contributed by atoms with E-state index in [0.717, 1.165) is 11.8 Å². The van der Waals surface area contributed by atoms with Crippen LogP contribution in [-0.2, 0) is 9.53 Å². The van der Waals surface area contributed by atoms with Crippen molar-refractivity contribution in [2.75, 3.05) is 13.2 Å². The number of morpholine rings is 1. The molecular weight excluding hydrogens is 197 g/mol. The van der Waals surface area contributed by atoms with Gasteiger partial charge in [-0.25, -0.2) is 4.39 Å². The summed E-state index contributed by atoms with van der Waals surface area (Å²) in [5.41, 5.74) is 0.933. The Bertz CT molecular complexity index is 339. The number of rotatable bonds is 2. The lowest BCUT2D eigenvalue weighted by Crippen LogP contribution is -2.44. The second-order valence-electron chi connectivity index (χ2n) is 3.55. The first kappa shape index (κ1) is 10.3. The van der Waals surface area contributed by atoms with Gasteiger partial charge in [0.15, 0.2) is 0 Å². The van der Waals surface area contributed by atoms with Crippen molar-refractivity contribution >= 4 is 6.29 Å². The monoisotopic (exact) mass is 209 g/mol. The van der Waals surface area contributed by atoms with E-state index in [1.54, 1.807) is 12.1 Å². The minimum absolute atomic E-state index is 0.0328. The average Bonchev–Trinajstić information content (AvgIpc) is 2.30. The fourth-order valence-electron chi connectivity index (χ4n) is 1.63. The molecule has 1 fully saturated rings. The van der Waals surface area contributed by atoms with Crippen molar-refractivity contribution < 1.29 is 13.9 Å². The van der Waals surface area contributed by atoms with E-state index < -0.39 is 0 Å². The highest BCUT2D eigenvalue weighted by Crippen LogP contribution is 2.17. The van der Waals surface area contributed by atoms with E-state index in [4.69, 9.17) is 4.74 Å². The smallest absolute Gasteiger partial charge is 0.139 e. The Morgan fingerprint density at radius 3 is 2.73 bits per heavy atom. The quantitative estimate of drug-likeness (QED) is 0.740. The summed E-state index contributed by atoms with van der Waals surface area (Å²) in [4.78, 5) is 10.6. The van der Waals surface area contributed by atoms with Gasteiger partial charge in [0, 0.05) is 0 Å². The largest absolute Gasteiger partial charge is 0.377 e. The molecule has 2 atom stereocenters. The molecule has 1 saturated heterocycles. The van der Waals surface area contributed by atoms with Crippen molar-refractivity contribution in [3.05, 3.63) is 35.6 Å². The maximum absolute atomic E-state index is 12.7.